The number of hydrogen-bond acceptors (Lipinski definition) is 10. The second-order valence-electron chi connectivity index (χ2n) is 16.7. The fourth-order valence-electron chi connectivity index (χ4n) is 9.84. The third-order valence-electron chi connectivity index (χ3n) is 12.8. The molecule has 0 bridgehead atoms. The molecule has 6 atom stereocenters. The molecular weight excluding hydrogens is 761 g/mol. The number of methoxy groups -OCH3 is 1. The smallest absolute Gasteiger partial charge is 0.239 e. The van der Waals surface area contributed by atoms with Gasteiger partial charge < -0.3 is 38.9 Å². The third kappa shape index (κ3) is 11.2. The Bertz CT molecular complexity index is 1760. The highest BCUT2D eigenvalue weighted by Gasteiger charge is 2.65. The lowest BCUT2D eigenvalue weighted by atomic mass is 9.55. The Morgan fingerprint density at radius 3 is 2.28 bits per heavy atom. The van der Waals surface area contributed by atoms with Crippen molar-refractivity contribution in [2.24, 2.45) is 22.9 Å². The van der Waals surface area contributed by atoms with Gasteiger partial charge in [0.2, 0.25) is 11.7 Å². The zero-order valence-electron chi connectivity index (χ0n) is 36.6. The van der Waals surface area contributed by atoms with Crippen LogP contribution in [0, 0.1) is 17.8 Å². The Hall–Kier alpha value is -4.19. The van der Waals surface area contributed by atoms with E-state index in [0.29, 0.717) is 54.2 Å². The van der Waals surface area contributed by atoms with Gasteiger partial charge in [-0.2, -0.15) is 0 Å². The highest BCUT2D eigenvalue weighted by Crippen LogP contribution is 2.62. The second kappa shape index (κ2) is 23.7. The summed E-state index contributed by atoms with van der Waals surface area (Å²) in [5.74, 6) is 0.542. The summed E-state index contributed by atoms with van der Waals surface area (Å²) >= 11 is 0. The Balaban J connectivity index is 1.58. The molecule has 0 spiro atoms. The molecule has 11 heteroatoms. The maximum atomic E-state index is 14.3. The van der Waals surface area contributed by atoms with Crippen LogP contribution in [0.2, 0.25) is 0 Å². The topological polar surface area (TPSA) is 136 Å². The first kappa shape index (κ1) is 46.9. The SMILES string of the molecule is C=CCO[C@@]12Oc3ccc(Oc4ccc(OC)c(C=O)c4)cc3[C@H]3[C@H](CCCCO)[C@@H](CCCCO)C=C(C(=NOC)C[C@@H]1N(C)C(=O)CCCCCCCCCCC)[C@H]32. The highest BCUT2D eigenvalue weighted by molar-refractivity contribution is 6.03. The molecule has 0 saturated heterocycles. The minimum absolute atomic E-state index is 0.0368. The summed E-state index contributed by atoms with van der Waals surface area (Å²) in [7, 11) is 4.95. The highest BCUT2D eigenvalue weighted by atomic mass is 16.7. The number of allylic oxidation sites excluding steroid dienone is 1. The van der Waals surface area contributed by atoms with Gasteiger partial charge in [0.25, 0.3) is 0 Å². The van der Waals surface area contributed by atoms with Crippen molar-refractivity contribution in [2.75, 3.05) is 41.1 Å². The molecule has 1 fully saturated rings. The number of aliphatic hydroxyl groups excluding tert-OH is 2. The molecular formula is C49H70N2O9. The van der Waals surface area contributed by atoms with Gasteiger partial charge >= 0.3 is 0 Å². The van der Waals surface area contributed by atoms with E-state index in [-0.39, 0.29) is 43.5 Å². The zero-order valence-corrected chi connectivity index (χ0v) is 36.6. The predicted octanol–water partition coefficient (Wildman–Crippen LogP) is 9.94. The molecule has 1 aliphatic heterocycles. The summed E-state index contributed by atoms with van der Waals surface area (Å²) < 4.78 is 26.0. The molecule has 0 radical (unpaired) electrons. The maximum Gasteiger partial charge on any atom is 0.239 e. The standard InChI is InChI=1S/C49H70N2O9/c1-6-8-9-10-11-12-13-14-15-22-46(55)51(3)45-33-42(50-57-5)40-31-35(20-16-18-27-52)39(21-17-19-28-53)47-41-32-38(59-37-23-25-43(56-4)36(30-37)34-54)24-26-44(41)60-49(45,48(40)47)58-29-7-2/h7,23-26,30-32,34-35,39,45,47-48,52-53H,2,6,8-22,27-29,33H2,1,3-5H3/t35-,39+,45-,47+,48+,49+/m0/s1. The van der Waals surface area contributed by atoms with Crippen LogP contribution in [0.15, 0.2) is 65.9 Å². The summed E-state index contributed by atoms with van der Waals surface area (Å²) in [6, 6.07) is 10.4. The van der Waals surface area contributed by atoms with Crippen LogP contribution in [0.3, 0.4) is 0 Å². The van der Waals surface area contributed by atoms with Crippen molar-refractivity contribution in [2.45, 2.75) is 134 Å². The molecule has 2 aromatic carbocycles. The fraction of sp³-hybridized carbons (Fsp3) is 0.612. The third-order valence-corrected chi connectivity index (χ3v) is 12.8. The average Bonchev–Trinajstić information content (AvgIpc) is 3.26. The second-order valence-corrected chi connectivity index (χ2v) is 16.7. The van der Waals surface area contributed by atoms with Crippen molar-refractivity contribution in [3.05, 3.63) is 71.8 Å². The van der Waals surface area contributed by atoms with Gasteiger partial charge in [-0.25, -0.2) is 0 Å². The number of carbonyl (C=O) groups is 2. The molecule has 330 valence electrons. The van der Waals surface area contributed by atoms with E-state index in [0.717, 1.165) is 68.1 Å². The van der Waals surface area contributed by atoms with E-state index in [1.54, 1.807) is 31.4 Å². The first-order valence-electron chi connectivity index (χ1n) is 22.5. The van der Waals surface area contributed by atoms with Crippen molar-refractivity contribution >= 4 is 17.9 Å². The molecule has 1 heterocycles. The summed E-state index contributed by atoms with van der Waals surface area (Å²) in [4.78, 5) is 33.5. The summed E-state index contributed by atoms with van der Waals surface area (Å²) in [5.41, 5.74) is 3.08. The first-order chi connectivity index (χ1) is 29.3. The van der Waals surface area contributed by atoms with Gasteiger partial charge in [0.1, 0.15) is 36.1 Å². The molecule has 0 unspecified atom stereocenters. The van der Waals surface area contributed by atoms with Gasteiger partial charge in [-0.1, -0.05) is 88.4 Å². The van der Waals surface area contributed by atoms with Gasteiger partial charge in [-0.3, -0.25) is 9.59 Å². The minimum Gasteiger partial charge on any atom is -0.496 e. The fourth-order valence-corrected chi connectivity index (χ4v) is 9.84. The molecule has 2 aliphatic carbocycles. The quantitative estimate of drug-likeness (QED) is 0.0390. The number of aldehydes is 1. The number of hydrogen-bond donors (Lipinski definition) is 2. The van der Waals surface area contributed by atoms with Crippen LogP contribution in [-0.2, 0) is 14.4 Å². The van der Waals surface area contributed by atoms with Crippen LogP contribution in [-0.4, -0.2) is 85.9 Å². The van der Waals surface area contributed by atoms with E-state index in [1.807, 2.05) is 30.1 Å². The molecule has 1 amide bonds. The summed E-state index contributed by atoms with van der Waals surface area (Å²) in [6.07, 6.45) is 20.8. The van der Waals surface area contributed by atoms with E-state index in [2.05, 4.69) is 24.7 Å². The molecule has 5 rings (SSSR count). The van der Waals surface area contributed by atoms with E-state index in [9.17, 15) is 19.8 Å². The van der Waals surface area contributed by atoms with Crippen LogP contribution in [0.5, 0.6) is 23.0 Å². The number of rotatable bonds is 27. The number of unbranched alkanes of at least 4 members (excludes halogenated alkanes) is 10. The Kier molecular flexibility index (Phi) is 18.5. The number of benzene rings is 2. The van der Waals surface area contributed by atoms with Gasteiger partial charge in [0.15, 0.2) is 6.29 Å². The minimum atomic E-state index is -1.30. The van der Waals surface area contributed by atoms with Crippen LogP contribution in [0.4, 0.5) is 0 Å². The summed E-state index contributed by atoms with van der Waals surface area (Å²) in [5, 5.41) is 24.4. The average molecular weight is 831 g/mol. The molecule has 11 nitrogen and oxygen atoms in total. The van der Waals surface area contributed by atoms with Gasteiger partial charge in [-0.05, 0) is 85.9 Å². The lowest BCUT2D eigenvalue weighted by Crippen LogP contribution is -2.69. The van der Waals surface area contributed by atoms with Crippen molar-refractivity contribution in [1.82, 2.24) is 4.90 Å². The lowest BCUT2D eigenvalue weighted by Gasteiger charge is -2.59. The molecule has 0 aromatic heterocycles. The van der Waals surface area contributed by atoms with E-state index >= 15 is 0 Å². The first-order valence-corrected chi connectivity index (χ1v) is 22.5. The Morgan fingerprint density at radius 2 is 1.62 bits per heavy atom. The summed E-state index contributed by atoms with van der Waals surface area (Å²) in [6.45, 7) is 6.67. The van der Waals surface area contributed by atoms with Crippen molar-refractivity contribution in [1.29, 1.82) is 0 Å². The van der Waals surface area contributed by atoms with Crippen molar-refractivity contribution < 1.29 is 43.6 Å². The van der Waals surface area contributed by atoms with Crippen LogP contribution in [0.1, 0.15) is 138 Å². The number of fused-ring (bicyclic) bond motifs is 2. The molecule has 2 aromatic rings. The van der Waals surface area contributed by atoms with E-state index < -0.39 is 17.7 Å². The molecule has 2 N–H and O–H groups in total. The predicted molar refractivity (Wildman–Crippen MR) is 235 cm³/mol. The molecule has 60 heavy (non-hydrogen) atoms. The maximum absolute atomic E-state index is 14.3. The normalized spacial score (nSPS) is 23.5. The van der Waals surface area contributed by atoms with Gasteiger partial charge in [0.05, 0.1) is 30.9 Å². The van der Waals surface area contributed by atoms with E-state index in [4.69, 9.17) is 23.8 Å². The Labute approximate surface area is 358 Å². The van der Waals surface area contributed by atoms with Gasteiger partial charge in [0, 0.05) is 44.6 Å². The number of likely N-dealkylation sites (N-methyl/N-ethyl adjacent to an activating group) is 1. The van der Waals surface area contributed by atoms with Crippen LogP contribution >= 0.6 is 0 Å². The molecule has 1 saturated carbocycles. The monoisotopic (exact) mass is 831 g/mol. The van der Waals surface area contributed by atoms with Gasteiger partial charge in [-0.15, -0.1) is 6.58 Å². The van der Waals surface area contributed by atoms with Crippen LogP contribution in [0.25, 0.3) is 0 Å². The number of ether oxygens (including phenoxy) is 4. The van der Waals surface area contributed by atoms with Crippen molar-refractivity contribution in [3.63, 3.8) is 0 Å². The van der Waals surface area contributed by atoms with Crippen LogP contribution < -0.4 is 14.2 Å². The zero-order chi connectivity index (χ0) is 42.9. The van der Waals surface area contributed by atoms with Crippen molar-refractivity contribution in [3.8, 4) is 23.0 Å². The number of carbonyl (C=O) groups excluding carboxylic acids is 2. The number of oxime groups is 1. The lowest BCUT2D eigenvalue weighted by molar-refractivity contribution is -0.255. The Morgan fingerprint density at radius 1 is 0.933 bits per heavy atom. The van der Waals surface area contributed by atoms with E-state index in [1.165, 1.54) is 45.6 Å². The largest absolute Gasteiger partial charge is 0.496 e. The number of amides is 1. The number of nitrogens with zero attached hydrogens (tertiary/aromatic N) is 2. The number of aliphatic hydroxyl groups is 2. The molecule has 3 aliphatic rings.